The molecule has 0 fully saturated rings. The van der Waals surface area contributed by atoms with Crippen molar-refractivity contribution in [2.45, 2.75) is 6.92 Å². The molecule has 0 aliphatic rings. The quantitative estimate of drug-likeness (QED) is 0.234. The molecule has 0 rings (SSSR count). The van der Waals surface area contributed by atoms with Crippen LogP contribution in [-0.4, -0.2) is 24.9 Å². The van der Waals surface area contributed by atoms with E-state index in [9.17, 15) is 0 Å². The van der Waals surface area contributed by atoms with Crippen LogP contribution in [-0.2, 0) is 0 Å². The van der Waals surface area contributed by atoms with E-state index in [2.05, 4.69) is 10.3 Å². The smallest absolute Gasteiger partial charge is 0.115 e. The van der Waals surface area contributed by atoms with Crippen LogP contribution in [0.2, 0.25) is 0 Å². The van der Waals surface area contributed by atoms with Gasteiger partial charge in [0.05, 0.1) is 7.05 Å². The minimum atomic E-state index is 0.385. The Labute approximate surface area is 48.7 Å². The largest absolute Gasteiger partial charge is 0.287 e. The lowest BCUT2D eigenvalue weighted by molar-refractivity contribution is 0.495. The molecule has 0 aliphatic carbocycles. The highest BCUT2D eigenvalue weighted by molar-refractivity contribution is 5.75. The van der Waals surface area contributed by atoms with Crippen LogP contribution in [0.3, 0.4) is 0 Å². The zero-order valence-electron chi connectivity index (χ0n) is 5.34. The molecule has 0 aromatic carbocycles. The molecule has 0 aromatic rings. The highest BCUT2D eigenvalue weighted by Crippen LogP contribution is 1.83. The second-order valence-electron chi connectivity index (χ2n) is 1.40. The molecular formula is C4H10N4. The Hall–Kier alpha value is -0.930. The van der Waals surface area contributed by atoms with Gasteiger partial charge in [-0.05, 0) is 6.92 Å². The lowest BCUT2D eigenvalue weighted by atomic mass is 10.7. The normalized spacial score (nSPS) is 9.88. The van der Waals surface area contributed by atoms with E-state index in [1.807, 2.05) is 0 Å². The summed E-state index contributed by atoms with van der Waals surface area (Å²) >= 11 is 0. The zero-order chi connectivity index (χ0) is 6.57. The third kappa shape index (κ3) is 2.28. The summed E-state index contributed by atoms with van der Waals surface area (Å²) in [6.45, 7) is 1.65. The summed E-state index contributed by atoms with van der Waals surface area (Å²) in [5.74, 6) is 0.385. The Morgan fingerprint density at radius 2 is 2.12 bits per heavy atom. The summed E-state index contributed by atoms with van der Waals surface area (Å²) in [6, 6.07) is 0. The first-order valence-electron chi connectivity index (χ1n) is 2.27. The maximum atomic E-state index is 6.98. The Morgan fingerprint density at radius 3 is 2.25 bits per heavy atom. The van der Waals surface area contributed by atoms with Crippen LogP contribution < -0.4 is 0 Å². The summed E-state index contributed by atoms with van der Waals surface area (Å²) in [7, 11) is 3.24. The third-order valence-corrected chi connectivity index (χ3v) is 0.709. The zero-order valence-corrected chi connectivity index (χ0v) is 5.34. The summed E-state index contributed by atoms with van der Waals surface area (Å²) in [5, 5.41) is 15.4. The van der Waals surface area contributed by atoms with Crippen LogP contribution >= 0.6 is 0 Å². The van der Waals surface area contributed by atoms with E-state index in [4.69, 9.17) is 5.41 Å². The highest BCUT2D eigenvalue weighted by atomic mass is 15.5. The number of nitrogens with one attached hydrogen (secondary N) is 1. The fourth-order valence-electron chi connectivity index (χ4n) is 0.201. The van der Waals surface area contributed by atoms with E-state index in [0.717, 1.165) is 0 Å². The van der Waals surface area contributed by atoms with Crippen molar-refractivity contribution in [3.8, 4) is 0 Å². The van der Waals surface area contributed by atoms with Crippen molar-refractivity contribution in [2.24, 2.45) is 10.3 Å². The molecule has 0 unspecified atom stereocenters. The van der Waals surface area contributed by atoms with Crippen molar-refractivity contribution in [2.75, 3.05) is 14.1 Å². The average Bonchev–Trinajstić information content (AvgIpc) is 1.67. The lowest BCUT2D eigenvalue weighted by Crippen LogP contribution is -2.15. The lowest BCUT2D eigenvalue weighted by Gasteiger charge is -2.05. The van der Waals surface area contributed by atoms with Crippen LogP contribution in [0.15, 0.2) is 10.3 Å². The molecule has 0 aliphatic heterocycles. The Balaban J connectivity index is 3.64. The number of rotatable bonds is 1. The van der Waals surface area contributed by atoms with Crippen LogP contribution in [0.25, 0.3) is 0 Å². The molecule has 1 N–H and O–H groups in total. The first-order valence-corrected chi connectivity index (χ1v) is 2.27. The Morgan fingerprint density at radius 1 is 1.62 bits per heavy atom. The third-order valence-electron chi connectivity index (χ3n) is 0.709. The monoisotopic (exact) mass is 114 g/mol. The highest BCUT2D eigenvalue weighted by Gasteiger charge is 1.90. The topological polar surface area (TPSA) is 51.8 Å². The molecule has 0 atom stereocenters. The van der Waals surface area contributed by atoms with Crippen LogP contribution in [0.5, 0.6) is 0 Å². The number of hydrogen-bond donors (Lipinski definition) is 1. The molecule has 0 bridgehead atoms. The minimum absolute atomic E-state index is 0.385. The van der Waals surface area contributed by atoms with Crippen molar-refractivity contribution in [3.63, 3.8) is 0 Å². The maximum Gasteiger partial charge on any atom is 0.115 e. The number of nitrogens with zero attached hydrogens (tertiary/aromatic N) is 3. The molecule has 4 heteroatoms. The standard InChI is InChI=1S/C4H10N4/c1-4(5)8(3)7-6-2/h5H,1-3H3/b5-4?,7-6-. The molecular weight excluding hydrogens is 104 g/mol. The summed E-state index contributed by atoms with van der Waals surface area (Å²) in [4.78, 5) is 0. The van der Waals surface area contributed by atoms with Gasteiger partial charge in [-0.1, -0.05) is 5.22 Å². The van der Waals surface area contributed by atoms with Crippen LogP contribution in [0, 0.1) is 5.41 Å². The molecule has 46 valence electrons. The summed E-state index contributed by atoms with van der Waals surface area (Å²) < 4.78 is 0. The second kappa shape index (κ2) is 3.12. The van der Waals surface area contributed by atoms with E-state index in [0.29, 0.717) is 5.84 Å². The minimum Gasteiger partial charge on any atom is -0.287 e. The van der Waals surface area contributed by atoms with Crippen LogP contribution in [0.1, 0.15) is 6.92 Å². The van der Waals surface area contributed by atoms with Crippen molar-refractivity contribution in [1.29, 1.82) is 5.41 Å². The van der Waals surface area contributed by atoms with Gasteiger partial charge in [0.15, 0.2) is 0 Å². The molecule has 0 aromatic heterocycles. The molecule has 0 heterocycles. The molecule has 4 nitrogen and oxygen atoms in total. The van der Waals surface area contributed by atoms with Crippen molar-refractivity contribution >= 4 is 5.84 Å². The van der Waals surface area contributed by atoms with Gasteiger partial charge in [0, 0.05) is 7.05 Å². The molecule has 8 heavy (non-hydrogen) atoms. The summed E-state index contributed by atoms with van der Waals surface area (Å²) in [5.41, 5.74) is 0. The summed E-state index contributed by atoms with van der Waals surface area (Å²) in [6.07, 6.45) is 0. The van der Waals surface area contributed by atoms with Gasteiger partial charge in [-0.25, -0.2) is 5.01 Å². The van der Waals surface area contributed by atoms with Gasteiger partial charge < -0.3 is 0 Å². The number of hydrogen-bond acceptors (Lipinski definition) is 3. The van der Waals surface area contributed by atoms with Crippen molar-refractivity contribution in [3.05, 3.63) is 0 Å². The van der Waals surface area contributed by atoms with Gasteiger partial charge in [0.1, 0.15) is 5.84 Å². The van der Waals surface area contributed by atoms with E-state index < -0.39 is 0 Å². The SMILES string of the molecule is C/N=N\N(C)C(C)=N. The molecule has 0 saturated carbocycles. The fourth-order valence-corrected chi connectivity index (χ4v) is 0.201. The van der Waals surface area contributed by atoms with Crippen molar-refractivity contribution < 1.29 is 0 Å². The van der Waals surface area contributed by atoms with E-state index in [-0.39, 0.29) is 0 Å². The van der Waals surface area contributed by atoms with Gasteiger partial charge in [-0.15, -0.1) is 0 Å². The number of amidine groups is 1. The fraction of sp³-hybridized carbons (Fsp3) is 0.750. The average molecular weight is 114 g/mol. The molecule has 0 spiro atoms. The molecule has 0 saturated heterocycles. The predicted octanol–water partition coefficient (Wildman–Crippen LogP) is 0.912. The first-order chi connectivity index (χ1) is 3.68. The Bertz CT molecular complexity index is 107. The molecule has 0 radical (unpaired) electrons. The van der Waals surface area contributed by atoms with E-state index >= 15 is 0 Å². The van der Waals surface area contributed by atoms with Gasteiger partial charge >= 0.3 is 0 Å². The first kappa shape index (κ1) is 7.07. The van der Waals surface area contributed by atoms with Crippen molar-refractivity contribution in [1.82, 2.24) is 5.01 Å². The van der Waals surface area contributed by atoms with Gasteiger partial charge in [0.2, 0.25) is 0 Å². The van der Waals surface area contributed by atoms with E-state index in [1.54, 1.807) is 21.0 Å². The predicted molar refractivity (Wildman–Crippen MR) is 31.9 cm³/mol. The second-order valence-corrected chi connectivity index (χ2v) is 1.40. The van der Waals surface area contributed by atoms with Gasteiger partial charge in [-0.3, -0.25) is 5.41 Å². The van der Waals surface area contributed by atoms with Crippen LogP contribution in [0.4, 0.5) is 0 Å². The van der Waals surface area contributed by atoms with E-state index in [1.165, 1.54) is 5.01 Å². The maximum absolute atomic E-state index is 6.98. The van der Waals surface area contributed by atoms with Gasteiger partial charge in [0.25, 0.3) is 0 Å². The Kier molecular flexibility index (Phi) is 2.76. The van der Waals surface area contributed by atoms with Gasteiger partial charge in [-0.2, -0.15) is 5.11 Å². The molecule has 0 amide bonds.